The number of methoxy groups -OCH3 is 1. The van der Waals surface area contributed by atoms with E-state index in [2.05, 4.69) is 73.2 Å². The van der Waals surface area contributed by atoms with Gasteiger partial charge in [-0.25, -0.2) is 44.7 Å². The van der Waals surface area contributed by atoms with Crippen molar-refractivity contribution in [2.75, 3.05) is 32.1 Å². The van der Waals surface area contributed by atoms with E-state index in [0.29, 0.717) is 6.29 Å². The van der Waals surface area contributed by atoms with Gasteiger partial charge in [-0.2, -0.15) is 16.8 Å². The summed E-state index contributed by atoms with van der Waals surface area (Å²) in [6.45, 7) is 0. The summed E-state index contributed by atoms with van der Waals surface area (Å²) in [5.74, 6) is 0.228. The van der Waals surface area contributed by atoms with Gasteiger partial charge in [0.15, 0.2) is 12.1 Å². The Morgan fingerprint density at radius 3 is 1.37 bits per heavy atom. The first-order chi connectivity index (χ1) is 20.8. The van der Waals surface area contributed by atoms with Crippen molar-refractivity contribution in [3.05, 3.63) is 77.3 Å². The third kappa shape index (κ3) is 22.0. The summed E-state index contributed by atoms with van der Waals surface area (Å²) in [6.07, 6.45) is 20.8. The fourth-order valence-corrected chi connectivity index (χ4v) is 3.11. The van der Waals surface area contributed by atoms with Crippen LogP contribution in [0.2, 0.25) is 0 Å². The van der Waals surface area contributed by atoms with Gasteiger partial charge in [-0.15, -0.1) is 35.3 Å². The fourth-order valence-electron chi connectivity index (χ4n) is 1.96. The van der Waals surface area contributed by atoms with Gasteiger partial charge in [-0.3, -0.25) is 4.79 Å². The number of hydrogen-bond donors (Lipinski definition) is 0. The molecule has 4 aromatic rings. The van der Waals surface area contributed by atoms with E-state index in [4.69, 9.17) is 10.5 Å². The predicted molar refractivity (Wildman–Crippen MR) is 184 cm³/mol. The molecule has 0 aliphatic carbocycles. The Morgan fingerprint density at radius 2 is 1.07 bits per heavy atom. The first-order valence-electron chi connectivity index (χ1n) is 11.1. The molecule has 4 heterocycles. The first-order valence-corrected chi connectivity index (χ1v) is 16.4. The summed E-state index contributed by atoms with van der Waals surface area (Å²) in [5.41, 5.74) is 0. The molecule has 0 radical (unpaired) electrons. The van der Waals surface area contributed by atoms with Gasteiger partial charge in [0.1, 0.15) is 12.1 Å². The van der Waals surface area contributed by atoms with Gasteiger partial charge >= 0.3 is 35.5 Å². The fraction of sp³-hybridized carbons (Fsp3) is 0.259. The molecule has 0 atom stereocenters. The second-order valence-electron chi connectivity index (χ2n) is 6.43. The Morgan fingerprint density at radius 1 is 0.739 bits per heavy atom. The van der Waals surface area contributed by atoms with E-state index in [1.807, 2.05) is 30.9 Å². The molecule has 0 aromatic carbocycles. The van der Waals surface area contributed by atoms with Crippen LogP contribution in [0.15, 0.2) is 68.7 Å². The number of rotatable bonds is 5. The monoisotopic (exact) mass is 774 g/mol. The van der Waals surface area contributed by atoms with Crippen LogP contribution >= 0.6 is 51.2 Å². The van der Waals surface area contributed by atoms with Crippen molar-refractivity contribution in [1.29, 1.82) is 10.5 Å². The minimum absolute atomic E-state index is 0. The molecule has 13 nitrogen and oxygen atoms in total. The summed E-state index contributed by atoms with van der Waals surface area (Å²) >= 11 is 11.8. The minimum Gasteiger partial charge on any atom is -0.796 e. The molecule has 4 aromatic heterocycles. The van der Waals surface area contributed by atoms with Gasteiger partial charge in [0.25, 0.3) is 0 Å². The Bertz CT molecular complexity index is 1450. The van der Waals surface area contributed by atoms with Crippen molar-refractivity contribution < 1.29 is 43.9 Å². The van der Waals surface area contributed by atoms with Crippen molar-refractivity contribution in [2.24, 2.45) is 0 Å². The topological polar surface area (TPSA) is 194 Å². The van der Waals surface area contributed by atoms with Crippen molar-refractivity contribution in [3.63, 3.8) is 0 Å². The molecule has 0 amide bonds. The Balaban J connectivity index is -0.000000247. The van der Waals surface area contributed by atoms with E-state index < -0.39 is 5.97 Å². The third-order valence-corrected chi connectivity index (χ3v) is 6.36. The zero-order valence-electron chi connectivity index (χ0n) is 24.4. The SMILES string of the molecule is C.C.COC(=O)c1ncc(SC)cn1.CSc1cnc(C#N)nc1.CSc1cnc(C=O)nc1.C[S-].N#Cc1ncc(Br)cn1.[Na+]. The summed E-state index contributed by atoms with van der Waals surface area (Å²) in [4.78, 5) is 53.9. The van der Waals surface area contributed by atoms with E-state index in [0.717, 1.165) is 19.2 Å². The number of carbonyl (C=O) groups is 2. The van der Waals surface area contributed by atoms with Gasteiger partial charge in [-0.05, 0) is 34.7 Å². The predicted octanol–water partition coefficient (Wildman–Crippen LogP) is 2.62. The number of hydrogen-bond acceptors (Lipinski definition) is 17. The van der Waals surface area contributed by atoms with E-state index in [9.17, 15) is 9.59 Å². The Labute approximate surface area is 318 Å². The summed E-state index contributed by atoms with van der Waals surface area (Å²) in [7, 11) is 1.30. The van der Waals surface area contributed by atoms with Crippen LogP contribution in [0.1, 0.15) is 47.7 Å². The molecule has 46 heavy (non-hydrogen) atoms. The Hall–Kier alpha value is -2.68. The molecule has 4 rings (SSSR count). The van der Waals surface area contributed by atoms with E-state index in [1.54, 1.807) is 67.0 Å². The van der Waals surface area contributed by atoms with Gasteiger partial charge in [0.05, 0.1) is 11.6 Å². The van der Waals surface area contributed by atoms with Crippen LogP contribution in [0, 0.1) is 22.7 Å². The summed E-state index contributed by atoms with van der Waals surface area (Å²) in [5, 5.41) is 16.6. The van der Waals surface area contributed by atoms with Crippen molar-refractivity contribution in [3.8, 4) is 12.1 Å². The molecule has 0 bridgehead atoms. The van der Waals surface area contributed by atoms with Crippen molar-refractivity contribution >= 4 is 76.1 Å². The zero-order valence-corrected chi connectivity index (χ0v) is 31.3. The molecule has 0 saturated carbocycles. The smallest absolute Gasteiger partial charge is 0.796 e. The normalized spacial score (nSPS) is 8.20. The Kier molecular flexibility index (Phi) is 35.2. The standard InChI is InChI=1S/C7H8N2O2S.C6H5N3S.C6H6N2OS.C5H2BrN3.CH4S.2CH4.Na/c1-11-7(10)6-8-3-5(12-2)4-9-6;1-10-5-3-8-6(2-7)9-4-5;1-10-5-2-7-6(4-9)8-3-5;6-4-2-8-5(1-7)9-3-4;1-2;;;/h3-4H,1-2H3;3-4H,1H3;2-4H,1H3;2-3H;2H,1H3;2*1H4;/q;;;;;;;+1/p-1. The van der Waals surface area contributed by atoms with E-state index in [-0.39, 0.29) is 67.7 Å². The number of aldehydes is 1. The number of halogens is 1. The van der Waals surface area contributed by atoms with Crippen LogP contribution in [0.3, 0.4) is 0 Å². The quantitative estimate of drug-likeness (QED) is 0.0943. The van der Waals surface area contributed by atoms with Crippen LogP contribution < -0.4 is 29.6 Å². The van der Waals surface area contributed by atoms with Gasteiger partial charge in [0.2, 0.25) is 17.5 Å². The van der Waals surface area contributed by atoms with Crippen molar-refractivity contribution in [2.45, 2.75) is 29.5 Å². The molecule has 0 unspecified atom stereocenters. The molecule has 0 aliphatic heterocycles. The van der Waals surface area contributed by atoms with Crippen LogP contribution in [0.25, 0.3) is 0 Å². The maximum Gasteiger partial charge on any atom is 1.00 e. The minimum atomic E-state index is -0.511. The second-order valence-corrected chi connectivity index (χ2v) is 9.99. The molecule has 240 valence electrons. The van der Waals surface area contributed by atoms with Gasteiger partial charge in [0, 0.05) is 64.3 Å². The molecule has 0 aliphatic rings. The molecule has 19 heteroatoms. The number of carbonyl (C=O) groups excluding carboxylic acids is 2. The van der Waals surface area contributed by atoms with Crippen LogP contribution in [0.5, 0.6) is 0 Å². The average Bonchev–Trinajstić information content (AvgIpc) is 3.10. The first kappa shape index (κ1) is 50.2. The summed E-state index contributed by atoms with van der Waals surface area (Å²) in [6, 6.07) is 3.66. The molecular formula is C27H32BrN10NaO3S4. The number of nitriles is 2. The number of aromatic nitrogens is 8. The molecule has 0 fully saturated rings. The number of thioether (sulfide) groups is 3. The summed E-state index contributed by atoms with van der Waals surface area (Å²) < 4.78 is 5.22. The van der Waals surface area contributed by atoms with Gasteiger partial charge < -0.3 is 17.4 Å². The van der Waals surface area contributed by atoms with Gasteiger partial charge in [-0.1, -0.05) is 14.9 Å². The maximum atomic E-state index is 10.9. The van der Waals surface area contributed by atoms with Crippen LogP contribution in [-0.4, -0.2) is 84.3 Å². The molecular weight excluding hydrogens is 744 g/mol. The van der Waals surface area contributed by atoms with E-state index >= 15 is 0 Å². The zero-order chi connectivity index (χ0) is 32.5. The van der Waals surface area contributed by atoms with Crippen LogP contribution in [0.4, 0.5) is 0 Å². The molecule has 0 saturated heterocycles. The van der Waals surface area contributed by atoms with E-state index in [1.165, 1.54) is 31.3 Å². The number of nitrogens with zero attached hydrogens (tertiary/aromatic N) is 10. The average molecular weight is 776 g/mol. The largest absolute Gasteiger partial charge is 1.00 e. The number of esters is 1. The van der Waals surface area contributed by atoms with Crippen molar-refractivity contribution in [1.82, 2.24) is 39.9 Å². The van der Waals surface area contributed by atoms with Crippen LogP contribution in [-0.2, 0) is 17.4 Å². The molecule has 0 spiro atoms. The third-order valence-electron chi connectivity index (χ3n) is 3.91. The second kappa shape index (κ2) is 32.3. The maximum absolute atomic E-state index is 10.9. The molecule has 0 N–H and O–H groups in total. The number of ether oxygens (including phenoxy) is 1.